The Morgan fingerprint density at radius 3 is 2.56 bits per heavy atom. The summed E-state index contributed by atoms with van der Waals surface area (Å²) in [5.41, 5.74) is 10.5. The molecule has 0 aliphatic rings. The number of nitrogens with one attached hydrogen (secondary N) is 1. The summed E-state index contributed by atoms with van der Waals surface area (Å²) in [6.07, 6.45) is 10.1. The number of hydrogen-bond acceptors (Lipinski definition) is 5. The fourth-order valence-electron chi connectivity index (χ4n) is 3.11. The van der Waals surface area contributed by atoms with Gasteiger partial charge in [-0.3, -0.25) is 14.8 Å². The minimum absolute atomic E-state index is 0.340. The number of primary amides is 1. The number of nitrogens with zero attached hydrogens (tertiary/aromatic N) is 2. The first kappa shape index (κ1) is 19.2. The molecular weight excluding hydrogens is 356 g/mol. The fourth-order valence-corrected chi connectivity index (χ4v) is 4.12. The molecule has 27 heavy (non-hydrogen) atoms. The maximum atomic E-state index is 11.9. The van der Waals surface area contributed by atoms with Gasteiger partial charge in [-0.15, -0.1) is 11.3 Å². The van der Waals surface area contributed by atoms with Gasteiger partial charge in [-0.1, -0.05) is 0 Å². The third-order valence-corrected chi connectivity index (χ3v) is 5.71. The van der Waals surface area contributed by atoms with Crippen molar-refractivity contribution < 1.29 is 4.79 Å². The predicted molar refractivity (Wildman–Crippen MR) is 109 cm³/mol. The number of nitrogens with two attached hydrogens (primary N) is 1. The van der Waals surface area contributed by atoms with Gasteiger partial charge in [0, 0.05) is 36.2 Å². The maximum Gasteiger partial charge on any atom is 0.240 e. The van der Waals surface area contributed by atoms with Gasteiger partial charge in [0.25, 0.3) is 0 Å². The molecule has 0 spiro atoms. The van der Waals surface area contributed by atoms with Crippen molar-refractivity contribution in [1.82, 2.24) is 15.3 Å². The Labute approximate surface area is 163 Å². The van der Waals surface area contributed by atoms with Crippen molar-refractivity contribution in [3.63, 3.8) is 0 Å². The summed E-state index contributed by atoms with van der Waals surface area (Å²) in [6.45, 7) is 2.68. The summed E-state index contributed by atoms with van der Waals surface area (Å²) >= 11 is 1.56. The molecule has 3 heterocycles. The third kappa shape index (κ3) is 5.21. The molecule has 3 rings (SSSR count). The van der Waals surface area contributed by atoms with Gasteiger partial charge in [-0.2, -0.15) is 0 Å². The topological polar surface area (TPSA) is 80.9 Å². The Morgan fingerprint density at radius 2 is 1.85 bits per heavy atom. The molecule has 0 bridgehead atoms. The van der Waals surface area contributed by atoms with E-state index >= 15 is 0 Å². The molecule has 140 valence electrons. The van der Waals surface area contributed by atoms with Crippen molar-refractivity contribution in [1.29, 1.82) is 0 Å². The van der Waals surface area contributed by atoms with Crippen molar-refractivity contribution in [3.8, 4) is 0 Å². The highest BCUT2D eigenvalue weighted by Crippen LogP contribution is 2.23. The maximum absolute atomic E-state index is 11.9. The van der Waals surface area contributed by atoms with E-state index in [1.165, 1.54) is 16.7 Å². The molecule has 1 unspecified atom stereocenters. The van der Waals surface area contributed by atoms with Crippen LogP contribution in [0.25, 0.3) is 0 Å². The number of carbonyl (C=O) groups is 1. The van der Waals surface area contributed by atoms with Gasteiger partial charge in [0.05, 0.1) is 0 Å². The van der Waals surface area contributed by atoms with E-state index in [-0.39, 0.29) is 5.91 Å². The van der Waals surface area contributed by atoms with Gasteiger partial charge in [0.15, 0.2) is 0 Å². The van der Waals surface area contributed by atoms with Crippen LogP contribution in [-0.4, -0.2) is 22.4 Å². The van der Waals surface area contributed by atoms with E-state index in [2.05, 4.69) is 21.4 Å². The van der Waals surface area contributed by atoms with E-state index in [0.717, 1.165) is 29.7 Å². The smallest absolute Gasteiger partial charge is 0.240 e. The number of rotatable bonds is 9. The second kappa shape index (κ2) is 9.39. The molecule has 6 heteroatoms. The van der Waals surface area contributed by atoms with Crippen LogP contribution in [0, 0.1) is 6.92 Å². The summed E-state index contributed by atoms with van der Waals surface area (Å²) in [6, 6.07) is 7.71. The van der Waals surface area contributed by atoms with E-state index in [1.807, 2.05) is 55.3 Å². The van der Waals surface area contributed by atoms with Gasteiger partial charge >= 0.3 is 0 Å². The highest BCUT2D eigenvalue weighted by Gasteiger charge is 2.20. The lowest BCUT2D eigenvalue weighted by Crippen LogP contribution is -2.34. The number of aryl methyl sites for hydroxylation is 3. The summed E-state index contributed by atoms with van der Waals surface area (Å²) < 4.78 is 0. The average molecular weight is 381 g/mol. The van der Waals surface area contributed by atoms with E-state index < -0.39 is 6.04 Å². The van der Waals surface area contributed by atoms with Crippen molar-refractivity contribution in [2.75, 3.05) is 6.54 Å². The van der Waals surface area contributed by atoms with Crippen LogP contribution < -0.4 is 11.1 Å². The second-order valence-electron chi connectivity index (χ2n) is 6.51. The zero-order chi connectivity index (χ0) is 19.1. The molecule has 3 aromatic rings. The van der Waals surface area contributed by atoms with Crippen LogP contribution in [-0.2, 0) is 24.1 Å². The first-order chi connectivity index (χ1) is 13.1. The fraction of sp³-hybridized carbons (Fsp3) is 0.286. The Kier molecular flexibility index (Phi) is 6.68. The highest BCUT2D eigenvalue weighted by atomic mass is 32.1. The number of hydrogen-bond donors (Lipinski definition) is 2. The van der Waals surface area contributed by atoms with Gasteiger partial charge < -0.3 is 11.1 Å². The molecule has 0 saturated heterocycles. The molecule has 0 aromatic carbocycles. The Morgan fingerprint density at radius 1 is 1.07 bits per heavy atom. The van der Waals surface area contributed by atoms with Gasteiger partial charge in [0.1, 0.15) is 6.04 Å². The van der Waals surface area contributed by atoms with Crippen molar-refractivity contribution in [2.24, 2.45) is 5.73 Å². The number of thiophene rings is 1. The lowest BCUT2D eigenvalue weighted by Gasteiger charge is -2.16. The first-order valence-electron chi connectivity index (χ1n) is 9.02. The number of amides is 1. The van der Waals surface area contributed by atoms with E-state index in [4.69, 9.17) is 5.73 Å². The molecule has 0 saturated carbocycles. The SMILES string of the molecule is Cc1ccsc1C(NCCc1ccncc1CCc1ccncc1)C(N)=O. The Hall–Kier alpha value is -2.57. The second-order valence-corrected chi connectivity index (χ2v) is 7.45. The quantitative estimate of drug-likeness (QED) is 0.598. The molecule has 3 N–H and O–H groups in total. The third-order valence-electron chi connectivity index (χ3n) is 4.63. The minimum atomic E-state index is -0.438. The van der Waals surface area contributed by atoms with Crippen LogP contribution in [0.4, 0.5) is 0 Å². The van der Waals surface area contributed by atoms with E-state index in [1.54, 1.807) is 11.3 Å². The summed E-state index contributed by atoms with van der Waals surface area (Å²) in [5.74, 6) is -0.340. The zero-order valence-corrected chi connectivity index (χ0v) is 16.2. The molecule has 0 aliphatic heterocycles. The average Bonchev–Trinajstić information content (AvgIpc) is 3.10. The molecule has 1 amide bonds. The molecule has 0 aliphatic carbocycles. The molecule has 0 radical (unpaired) electrons. The molecule has 5 nitrogen and oxygen atoms in total. The zero-order valence-electron chi connectivity index (χ0n) is 15.4. The van der Waals surface area contributed by atoms with Crippen LogP contribution in [0.2, 0.25) is 0 Å². The van der Waals surface area contributed by atoms with E-state index in [9.17, 15) is 4.79 Å². The standard InChI is InChI=1S/C21H24N4OS/c1-15-8-13-27-20(15)19(21(22)26)25-12-7-17-6-11-24-14-18(17)3-2-16-4-9-23-10-5-16/h4-6,8-11,13-14,19,25H,2-3,7,12H2,1H3,(H2,22,26). The monoisotopic (exact) mass is 380 g/mol. The Bertz CT molecular complexity index is 879. The molecule has 1 atom stereocenters. The van der Waals surface area contributed by atoms with Crippen molar-refractivity contribution in [2.45, 2.75) is 32.2 Å². The molecule has 0 fully saturated rings. The van der Waals surface area contributed by atoms with Crippen molar-refractivity contribution in [3.05, 3.63) is 81.6 Å². The number of carbonyl (C=O) groups excluding carboxylic acids is 1. The largest absolute Gasteiger partial charge is 0.368 e. The van der Waals surface area contributed by atoms with Crippen molar-refractivity contribution >= 4 is 17.2 Å². The van der Waals surface area contributed by atoms with Gasteiger partial charge in [0.2, 0.25) is 5.91 Å². The number of aromatic nitrogens is 2. The predicted octanol–water partition coefficient (Wildman–Crippen LogP) is 2.99. The summed E-state index contributed by atoms with van der Waals surface area (Å²) in [5, 5.41) is 5.31. The first-order valence-corrected chi connectivity index (χ1v) is 9.90. The van der Waals surface area contributed by atoms with Crippen LogP contribution >= 0.6 is 11.3 Å². The minimum Gasteiger partial charge on any atom is -0.368 e. The van der Waals surface area contributed by atoms with Crippen LogP contribution in [0.5, 0.6) is 0 Å². The van der Waals surface area contributed by atoms with Crippen LogP contribution in [0.15, 0.2) is 54.4 Å². The highest BCUT2D eigenvalue weighted by molar-refractivity contribution is 7.10. The normalized spacial score (nSPS) is 12.0. The Balaban J connectivity index is 1.61. The lowest BCUT2D eigenvalue weighted by molar-refractivity contribution is -0.120. The van der Waals surface area contributed by atoms with Gasteiger partial charge in [-0.05, 0) is 78.1 Å². The summed E-state index contributed by atoms with van der Waals surface area (Å²) in [7, 11) is 0. The lowest BCUT2D eigenvalue weighted by atomic mass is 10.0. The van der Waals surface area contributed by atoms with Gasteiger partial charge in [-0.25, -0.2) is 0 Å². The number of pyridine rings is 2. The molecule has 3 aromatic heterocycles. The van der Waals surface area contributed by atoms with Crippen LogP contribution in [0.3, 0.4) is 0 Å². The van der Waals surface area contributed by atoms with E-state index in [0.29, 0.717) is 6.54 Å². The molecular formula is C21H24N4OS. The summed E-state index contributed by atoms with van der Waals surface area (Å²) in [4.78, 5) is 21.2. The van der Waals surface area contributed by atoms with Crippen LogP contribution in [0.1, 0.15) is 33.2 Å².